The fraction of sp³-hybridized carbons (Fsp3) is 0.357. The van der Waals surface area contributed by atoms with E-state index in [-0.39, 0.29) is 11.3 Å². The Balaban J connectivity index is 1.48. The zero-order valence-corrected chi connectivity index (χ0v) is 20.7. The van der Waals surface area contributed by atoms with Gasteiger partial charge in [-0.1, -0.05) is 39.0 Å². The molecule has 5 rings (SSSR count). The van der Waals surface area contributed by atoms with Gasteiger partial charge in [-0.05, 0) is 72.1 Å². The maximum atomic E-state index is 13.4. The summed E-state index contributed by atoms with van der Waals surface area (Å²) < 4.78 is 11.3. The van der Waals surface area contributed by atoms with Crippen LogP contribution in [0.15, 0.2) is 53.5 Å². The maximum absolute atomic E-state index is 13.4. The van der Waals surface area contributed by atoms with Crippen LogP contribution in [0, 0.1) is 11.3 Å². The first kappa shape index (κ1) is 22.7. The van der Waals surface area contributed by atoms with Gasteiger partial charge in [0.15, 0.2) is 11.5 Å². The summed E-state index contributed by atoms with van der Waals surface area (Å²) in [7, 11) is 0. The summed E-state index contributed by atoms with van der Waals surface area (Å²) in [6, 6.07) is 15.4. The molecule has 0 saturated carbocycles. The molecule has 1 atom stereocenters. The lowest BCUT2D eigenvalue weighted by atomic mass is 9.72. The van der Waals surface area contributed by atoms with Crippen molar-refractivity contribution in [2.24, 2.45) is 16.3 Å². The van der Waals surface area contributed by atoms with Crippen LogP contribution < -0.4 is 14.8 Å². The van der Waals surface area contributed by atoms with Crippen LogP contribution in [0.3, 0.4) is 0 Å². The normalized spacial score (nSPS) is 17.4. The van der Waals surface area contributed by atoms with Crippen LogP contribution in [0.25, 0.3) is 0 Å². The molecular weight excluding hydrogens is 444 g/mol. The number of fused-ring (bicyclic) bond motifs is 2. The number of rotatable bonds is 4. The van der Waals surface area contributed by atoms with E-state index in [1.165, 1.54) is 4.88 Å². The Bertz CT molecular complexity index is 1220. The Hall–Kier alpha value is -3.12. The molecule has 0 saturated heterocycles. The number of benzene rings is 2. The number of anilines is 1. The van der Waals surface area contributed by atoms with E-state index in [0.29, 0.717) is 24.7 Å². The largest absolute Gasteiger partial charge is 0.486 e. The van der Waals surface area contributed by atoms with Crippen molar-refractivity contribution < 1.29 is 14.3 Å². The van der Waals surface area contributed by atoms with Gasteiger partial charge in [0, 0.05) is 16.8 Å². The summed E-state index contributed by atoms with van der Waals surface area (Å²) in [5.41, 5.74) is 3.82. The summed E-state index contributed by atoms with van der Waals surface area (Å²) in [4.78, 5) is 19.5. The Labute approximate surface area is 204 Å². The predicted molar refractivity (Wildman–Crippen MR) is 138 cm³/mol. The molecule has 1 aliphatic heterocycles. The van der Waals surface area contributed by atoms with Gasteiger partial charge in [-0.15, -0.1) is 11.3 Å². The van der Waals surface area contributed by atoms with Crippen molar-refractivity contribution >= 4 is 34.1 Å². The van der Waals surface area contributed by atoms with Crippen LogP contribution in [0.2, 0.25) is 0 Å². The molecule has 2 aliphatic rings. The van der Waals surface area contributed by atoms with Crippen LogP contribution >= 0.6 is 11.3 Å². The minimum atomic E-state index is -0.0905. The number of para-hydroxylation sites is 1. The molecule has 34 heavy (non-hydrogen) atoms. The summed E-state index contributed by atoms with van der Waals surface area (Å²) in [5.74, 6) is 1.99. The molecule has 0 fully saturated rings. The lowest BCUT2D eigenvalue weighted by molar-refractivity contribution is 0.102. The van der Waals surface area contributed by atoms with Crippen molar-refractivity contribution in [2.45, 2.75) is 40.0 Å². The monoisotopic (exact) mass is 474 g/mol. The number of thiophene rings is 1. The first-order valence-electron chi connectivity index (χ1n) is 11.8. The van der Waals surface area contributed by atoms with Gasteiger partial charge in [0.25, 0.3) is 5.91 Å². The molecule has 1 amide bonds. The summed E-state index contributed by atoms with van der Waals surface area (Å²) >= 11 is 1.65. The average molecular weight is 475 g/mol. The standard InChI is InChI=1S/C28H30N2O3S/c1-28(2,3)19-10-11-21-24(16-19)34-27(25(21)26(31)30-20-7-5-4-6-8-20)29-17-18-9-12-22-23(15-18)33-14-13-32-22/h4-9,12,15,17,19H,10-11,13-14,16H2,1-3H3,(H,30,31)/t19-/m0/s1. The Morgan fingerprint density at radius 1 is 1.09 bits per heavy atom. The zero-order valence-electron chi connectivity index (χ0n) is 19.9. The molecule has 2 heterocycles. The van der Waals surface area contributed by atoms with Crippen LogP contribution in [0.4, 0.5) is 10.7 Å². The second kappa shape index (κ2) is 9.26. The van der Waals surface area contributed by atoms with Gasteiger partial charge in [-0.3, -0.25) is 4.79 Å². The number of aliphatic imine (C=N–C) groups is 1. The number of hydrogen-bond acceptors (Lipinski definition) is 5. The Kier molecular flexibility index (Phi) is 6.17. The Morgan fingerprint density at radius 3 is 2.62 bits per heavy atom. The summed E-state index contributed by atoms with van der Waals surface area (Å²) in [5, 5.41) is 3.84. The van der Waals surface area contributed by atoms with E-state index in [4.69, 9.17) is 14.5 Å². The molecule has 1 aromatic heterocycles. The molecule has 0 radical (unpaired) electrons. The molecule has 5 nitrogen and oxygen atoms in total. The number of carbonyl (C=O) groups excluding carboxylic acids is 1. The van der Waals surface area contributed by atoms with Crippen molar-refractivity contribution in [3.63, 3.8) is 0 Å². The highest BCUT2D eigenvalue weighted by Crippen LogP contribution is 2.45. The highest BCUT2D eigenvalue weighted by atomic mass is 32.1. The number of hydrogen-bond donors (Lipinski definition) is 1. The second-order valence-corrected chi connectivity index (χ2v) is 11.1. The van der Waals surface area contributed by atoms with Crippen molar-refractivity contribution in [1.29, 1.82) is 0 Å². The number of nitrogens with one attached hydrogen (secondary N) is 1. The molecule has 6 heteroatoms. The lowest BCUT2D eigenvalue weighted by Crippen LogP contribution is -2.27. The van der Waals surface area contributed by atoms with Gasteiger partial charge in [0.2, 0.25) is 0 Å². The van der Waals surface area contributed by atoms with Crippen LogP contribution in [-0.2, 0) is 12.8 Å². The van der Waals surface area contributed by atoms with Crippen LogP contribution in [0.5, 0.6) is 11.5 Å². The van der Waals surface area contributed by atoms with Crippen molar-refractivity contribution in [2.75, 3.05) is 18.5 Å². The molecule has 0 unspecified atom stereocenters. The molecule has 0 bridgehead atoms. The first-order valence-corrected chi connectivity index (χ1v) is 12.6. The first-order chi connectivity index (χ1) is 16.4. The Morgan fingerprint density at radius 2 is 1.85 bits per heavy atom. The number of ether oxygens (including phenoxy) is 2. The topological polar surface area (TPSA) is 59.9 Å². The van der Waals surface area contributed by atoms with E-state index < -0.39 is 0 Å². The third-order valence-corrected chi connectivity index (χ3v) is 7.79. The molecule has 3 aromatic rings. The van der Waals surface area contributed by atoms with Gasteiger partial charge < -0.3 is 14.8 Å². The molecule has 0 spiro atoms. The molecular formula is C28H30N2O3S. The number of amides is 1. The van der Waals surface area contributed by atoms with Crippen LogP contribution in [0.1, 0.15) is 53.6 Å². The van der Waals surface area contributed by atoms with E-state index >= 15 is 0 Å². The molecule has 176 valence electrons. The fourth-order valence-electron chi connectivity index (χ4n) is 4.62. The highest BCUT2D eigenvalue weighted by Gasteiger charge is 2.33. The molecule has 1 aliphatic carbocycles. The smallest absolute Gasteiger partial charge is 0.259 e. The molecule has 2 aromatic carbocycles. The van der Waals surface area contributed by atoms with E-state index in [2.05, 4.69) is 26.1 Å². The van der Waals surface area contributed by atoms with Crippen molar-refractivity contribution in [1.82, 2.24) is 0 Å². The molecule has 1 N–H and O–H groups in total. The fourth-order valence-corrected chi connectivity index (χ4v) is 5.89. The van der Waals surface area contributed by atoms with E-state index in [9.17, 15) is 4.79 Å². The van der Waals surface area contributed by atoms with E-state index in [1.54, 1.807) is 11.3 Å². The second-order valence-electron chi connectivity index (χ2n) is 9.97. The minimum absolute atomic E-state index is 0.0905. The van der Waals surface area contributed by atoms with Crippen molar-refractivity contribution in [3.05, 3.63) is 70.1 Å². The zero-order chi connectivity index (χ0) is 23.7. The summed E-state index contributed by atoms with van der Waals surface area (Å²) in [6.45, 7) is 8.03. The SMILES string of the molecule is CC(C)(C)[C@H]1CCc2c(sc(N=Cc3ccc4c(c3)OCCO4)c2C(=O)Nc2ccccc2)C1. The van der Waals surface area contributed by atoms with Crippen LogP contribution in [-0.4, -0.2) is 25.3 Å². The lowest BCUT2D eigenvalue weighted by Gasteiger charge is -2.33. The average Bonchev–Trinajstić information content (AvgIpc) is 3.20. The third kappa shape index (κ3) is 4.73. The number of carbonyl (C=O) groups is 1. The highest BCUT2D eigenvalue weighted by molar-refractivity contribution is 7.16. The maximum Gasteiger partial charge on any atom is 0.259 e. The van der Waals surface area contributed by atoms with Gasteiger partial charge in [-0.25, -0.2) is 4.99 Å². The summed E-state index contributed by atoms with van der Waals surface area (Å²) in [6.07, 6.45) is 4.81. The van der Waals surface area contributed by atoms with Crippen molar-refractivity contribution in [3.8, 4) is 11.5 Å². The quantitative estimate of drug-likeness (QED) is 0.430. The predicted octanol–water partition coefficient (Wildman–Crippen LogP) is 6.67. The third-order valence-electron chi connectivity index (χ3n) is 6.63. The number of nitrogens with zero attached hydrogens (tertiary/aromatic N) is 1. The van der Waals surface area contributed by atoms with Gasteiger partial charge >= 0.3 is 0 Å². The van der Waals surface area contributed by atoms with Gasteiger partial charge in [-0.2, -0.15) is 0 Å². The van der Waals surface area contributed by atoms with E-state index in [0.717, 1.165) is 52.6 Å². The van der Waals surface area contributed by atoms with E-state index in [1.807, 2.05) is 54.7 Å². The van der Waals surface area contributed by atoms with Gasteiger partial charge in [0.1, 0.15) is 18.2 Å². The van der Waals surface area contributed by atoms with Gasteiger partial charge in [0.05, 0.1) is 5.56 Å². The minimum Gasteiger partial charge on any atom is -0.486 e.